The molecule has 4 heteroatoms. The van der Waals surface area contributed by atoms with E-state index in [1.165, 1.54) is 11.1 Å². The average molecular weight is 482 g/mol. The van der Waals surface area contributed by atoms with Gasteiger partial charge in [0.15, 0.2) is 5.84 Å². The van der Waals surface area contributed by atoms with Crippen molar-refractivity contribution in [1.29, 1.82) is 0 Å². The zero-order valence-corrected chi connectivity index (χ0v) is 21.4. The van der Waals surface area contributed by atoms with Gasteiger partial charge < -0.3 is 0 Å². The quantitative estimate of drug-likeness (QED) is 0.205. The van der Waals surface area contributed by atoms with Gasteiger partial charge in [0.2, 0.25) is 0 Å². The lowest BCUT2D eigenvalue weighted by Crippen LogP contribution is -2.17. The fraction of sp³-hybridized carbons (Fsp3) is 0.258. The second kappa shape index (κ2) is 11.9. The Balaban J connectivity index is 1.71. The molecule has 0 aromatic heterocycles. The van der Waals surface area contributed by atoms with Crippen molar-refractivity contribution >= 4 is 29.5 Å². The zero-order valence-electron chi connectivity index (χ0n) is 20.6. The Bertz CT molecular complexity index is 1240. The minimum Gasteiger partial charge on any atom is -0.270 e. The van der Waals surface area contributed by atoms with Crippen LogP contribution >= 0.6 is 11.6 Å². The Morgan fingerprint density at radius 2 is 1.63 bits per heavy atom. The molecule has 0 fully saturated rings. The van der Waals surface area contributed by atoms with Gasteiger partial charge in [-0.1, -0.05) is 103 Å². The Morgan fingerprint density at radius 3 is 2.31 bits per heavy atom. The molecule has 3 aromatic rings. The van der Waals surface area contributed by atoms with E-state index >= 15 is 0 Å². The maximum absolute atomic E-state index is 6.32. The van der Waals surface area contributed by atoms with Crippen LogP contribution in [0.5, 0.6) is 0 Å². The van der Waals surface area contributed by atoms with E-state index < -0.39 is 0 Å². The summed E-state index contributed by atoms with van der Waals surface area (Å²) < 4.78 is 0. The molecule has 3 nitrogen and oxygen atoms in total. The number of aliphatic imine (C=N–C) groups is 3. The molecular formula is C31H32ClN3. The molecule has 178 valence electrons. The van der Waals surface area contributed by atoms with Gasteiger partial charge in [0.1, 0.15) is 5.84 Å². The maximum Gasteiger partial charge on any atom is 0.156 e. The van der Waals surface area contributed by atoms with Crippen LogP contribution in [0.2, 0.25) is 5.02 Å². The van der Waals surface area contributed by atoms with E-state index in [4.69, 9.17) is 21.6 Å². The predicted octanol–water partition coefficient (Wildman–Crippen LogP) is 8.01. The first kappa shape index (κ1) is 24.8. The van der Waals surface area contributed by atoms with Gasteiger partial charge in [0.05, 0.1) is 0 Å². The van der Waals surface area contributed by atoms with Gasteiger partial charge in [-0.3, -0.25) is 4.99 Å². The van der Waals surface area contributed by atoms with Crippen molar-refractivity contribution in [1.82, 2.24) is 0 Å². The number of rotatable bonds is 4. The summed E-state index contributed by atoms with van der Waals surface area (Å²) in [7, 11) is 1.79. The minimum absolute atomic E-state index is 0.113. The number of amidine groups is 2. The largest absolute Gasteiger partial charge is 0.270 e. The van der Waals surface area contributed by atoms with Gasteiger partial charge in [0, 0.05) is 29.8 Å². The van der Waals surface area contributed by atoms with Gasteiger partial charge >= 0.3 is 0 Å². The third kappa shape index (κ3) is 6.43. The van der Waals surface area contributed by atoms with Crippen molar-refractivity contribution in [2.45, 2.75) is 32.6 Å². The number of nitrogens with zero attached hydrogens (tertiary/aromatic N) is 3. The Kier molecular flexibility index (Phi) is 8.44. The van der Waals surface area contributed by atoms with E-state index in [2.05, 4.69) is 49.2 Å². The standard InChI is InChI=1S/C31H32ClN3/c1-22-19-23(2)29(18-17-28(22)26-15-10-16-27(32)20-26)31(34-21-24-11-6-4-7-12-24)35-30(33-3)25-13-8-5-9-14-25/h4-16,19-22,28-29H,17-18H2,1-3H3/b33-30-,34-21+,35-31-/t22-,28-,29?/m1/s1. The number of hydrogen-bond acceptors (Lipinski definition) is 1. The summed E-state index contributed by atoms with van der Waals surface area (Å²) >= 11 is 6.32. The molecule has 0 spiro atoms. The summed E-state index contributed by atoms with van der Waals surface area (Å²) in [6.45, 7) is 4.50. The van der Waals surface area contributed by atoms with Gasteiger partial charge in [-0.2, -0.15) is 0 Å². The number of halogens is 1. The van der Waals surface area contributed by atoms with Crippen molar-refractivity contribution in [3.8, 4) is 0 Å². The van der Waals surface area contributed by atoms with Crippen molar-refractivity contribution in [2.24, 2.45) is 26.8 Å². The van der Waals surface area contributed by atoms with Crippen LogP contribution in [0.1, 0.15) is 49.3 Å². The molecule has 3 aromatic carbocycles. The molecule has 1 aliphatic rings. The molecule has 0 aliphatic heterocycles. The molecule has 0 N–H and O–H groups in total. The van der Waals surface area contributed by atoms with Crippen molar-refractivity contribution in [3.05, 3.63) is 118 Å². The van der Waals surface area contributed by atoms with E-state index in [9.17, 15) is 0 Å². The van der Waals surface area contributed by atoms with Gasteiger partial charge in [-0.15, -0.1) is 0 Å². The Morgan fingerprint density at radius 1 is 0.914 bits per heavy atom. The molecule has 0 amide bonds. The van der Waals surface area contributed by atoms with Crippen LogP contribution < -0.4 is 0 Å². The van der Waals surface area contributed by atoms with Crippen LogP contribution in [-0.4, -0.2) is 24.9 Å². The highest BCUT2D eigenvalue weighted by atomic mass is 35.5. The monoisotopic (exact) mass is 481 g/mol. The molecule has 0 bridgehead atoms. The third-order valence-electron chi connectivity index (χ3n) is 6.67. The fourth-order valence-corrected chi connectivity index (χ4v) is 5.04. The van der Waals surface area contributed by atoms with Crippen LogP contribution in [0.3, 0.4) is 0 Å². The molecule has 35 heavy (non-hydrogen) atoms. The first-order valence-corrected chi connectivity index (χ1v) is 12.6. The summed E-state index contributed by atoms with van der Waals surface area (Å²) in [6, 6.07) is 28.6. The molecule has 3 atom stereocenters. The van der Waals surface area contributed by atoms with Gasteiger partial charge in [-0.25, -0.2) is 9.98 Å². The van der Waals surface area contributed by atoms with Crippen LogP contribution in [0.15, 0.2) is 112 Å². The molecule has 4 rings (SSSR count). The highest BCUT2D eigenvalue weighted by Gasteiger charge is 2.28. The predicted molar refractivity (Wildman–Crippen MR) is 150 cm³/mol. The smallest absolute Gasteiger partial charge is 0.156 e. The number of benzene rings is 3. The highest BCUT2D eigenvalue weighted by Crippen LogP contribution is 2.38. The molecule has 0 saturated carbocycles. The molecule has 0 radical (unpaired) electrons. The maximum atomic E-state index is 6.32. The summed E-state index contributed by atoms with van der Waals surface area (Å²) in [6.07, 6.45) is 6.29. The fourth-order valence-electron chi connectivity index (χ4n) is 4.84. The number of hydrogen-bond donors (Lipinski definition) is 0. The van der Waals surface area contributed by atoms with Crippen LogP contribution in [-0.2, 0) is 0 Å². The summed E-state index contributed by atoms with van der Waals surface area (Å²) in [5, 5.41) is 0.789. The van der Waals surface area contributed by atoms with Crippen LogP contribution in [0, 0.1) is 11.8 Å². The lowest BCUT2D eigenvalue weighted by Gasteiger charge is -2.21. The van der Waals surface area contributed by atoms with E-state index in [0.717, 1.165) is 34.8 Å². The molecule has 1 aliphatic carbocycles. The van der Waals surface area contributed by atoms with Crippen molar-refractivity contribution < 1.29 is 0 Å². The topological polar surface area (TPSA) is 37.1 Å². The molecule has 0 saturated heterocycles. The van der Waals surface area contributed by atoms with Gasteiger partial charge in [-0.05, 0) is 54.9 Å². The van der Waals surface area contributed by atoms with E-state index in [1.54, 1.807) is 7.05 Å². The summed E-state index contributed by atoms with van der Waals surface area (Å²) in [5.41, 5.74) is 4.63. The van der Waals surface area contributed by atoms with E-state index in [-0.39, 0.29) is 5.92 Å². The first-order valence-electron chi connectivity index (χ1n) is 12.2. The zero-order chi connectivity index (χ0) is 24.6. The third-order valence-corrected chi connectivity index (χ3v) is 6.91. The highest BCUT2D eigenvalue weighted by molar-refractivity contribution is 6.30. The first-order chi connectivity index (χ1) is 17.0. The van der Waals surface area contributed by atoms with E-state index in [1.807, 2.05) is 66.9 Å². The van der Waals surface area contributed by atoms with Crippen molar-refractivity contribution in [2.75, 3.05) is 7.05 Å². The van der Waals surface area contributed by atoms with Gasteiger partial charge in [0.25, 0.3) is 0 Å². The normalized spacial score (nSPS) is 21.6. The van der Waals surface area contributed by atoms with Crippen molar-refractivity contribution in [3.63, 3.8) is 0 Å². The van der Waals surface area contributed by atoms with Crippen LogP contribution in [0.4, 0.5) is 0 Å². The summed E-state index contributed by atoms with van der Waals surface area (Å²) in [5.74, 6) is 2.41. The lowest BCUT2D eigenvalue weighted by atomic mass is 9.84. The SMILES string of the molecule is C\N=C(/N=C(\N=C\c1ccccc1)C1CC[C@@H](c2cccc(Cl)c2)[C@H](C)C=C1C)c1ccccc1. The van der Waals surface area contributed by atoms with E-state index in [0.29, 0.717) is 17.7 Å². The summed E-state index contributed by atoms with van der Waals surface area (Å²) in [4.78, 5) is 14.5. The average Bonchev–Trinajstić information content (AvgIpc) is 3.03. The number of allylic oxidation sites excluding steroid dienone is 1. The Labute approximate surface area is 214 Å². The minimum atomic E-state index is 0.113. The Hall–Kier alpha value is -3.30. The molecule has 1 unspecified atom stereocenters. The lowest BCUT2D eigenvalue weighted by molar-refractivity contribution is 0.497. The van der Waals surface area contributed by atoms with Crippen LogP contribution in [0.25, 0.3) is 0 Å². The second-order valence-electron chi connectivity index (χ2n) is 9.11. The second-order valence-corrected chi connectivity index (χ2v) is 9.55. The molecular weight excluding hydrogens is 450 g/mol. The molecule has 0 heterocycles.